The van der Waals surface area contributed by atoms with Crippen molar-refractivity contribution in [3.05, 3.63) is 0 Å². The van der Waals surface area contributed by atoms with Gasteiger partial charge < -0.3 is 0 Å². The van der Waals surface area contributed by atoms with Crippen LogP contribution in [-0.2, 0) is 0 Å². The minimum Gasteiger partial charge on any atom is -0.110 e. The van der Waals surface area contributed by atoms with Gasteiger partial charge in [0, 0.05) is 0 Å². The van der Waals surface area contributed by atoms with Crippen LogP contribution in [0.4, 0.5) is 0 Å². The molecule has 0 spiro atoms. The lowest BCUT2D eigenvalue weighted by Crippen LogP contribution is -2.59. The van der Waals surface area contributed by atoms with Gasteiger partial charge in [-0.1, -0.05) is 0 Å². The van der Waals surface area contributed by atoms with Crippen LogP contribution in [0.3, 0.4) is 0 Å². The van der Waals surface area contributed by atoms with Gasteiger partial charge in [-0.25, -0.2) is 0 Å². The van der Waals surface area contributed by atoms with Crippen molar-refractivity contribution in [3.8, 4) is 0 Å². The van der Waals surface area contributed by atoms with E-state index in [9.17, 15) is 0 Å². The largest absolute Gasteiger partial charge is 0.181 e. The zero-order chi connectivity index (χ0) is 5.33. The van der Waals surface area contributed by atoms with E-state index in [2.05, 4.69) is 24.1 Å². The van der Waals surface area contributed by atoms with Crippen molar-refractivity contribution in [1.29, 1.82) is 0 Å². The number of hydrogen-bond donors (Lipinski definition) is 1. The average molecular weight is 97.1 g/mol. The first-order valence-corrected chi connectivity index (χ1v) is 2.35. The van der Waals surface area contributed by atoms with Gasteiger partial charge in [0.05, 0.1) is 11.6 Å². The molecule has 0 atom stereocenters. The Kier molecular flexibility index (Phi) is 0.741. The van der Waals surface area contributed by atoms with Gasteiger partial charge in [-0.3, -0.25) is 0 Å². The number of rotatable bonds is 0. The summed E-state index contributed by atoms with van der Waals surface area (Å²) in [6.07, 6.45) is 3.83. The van der Waals surface area contributed by atoms with Gasteiger partial charge in [0.15, 0.2) is 6.21 Å². The second-order valence-electron chi connectivity index (χ2n) is 2.35. The molecule has 0 bridgehead atoms. The van der Waals surface area contributed by atoms with E-state index in [-0.39, 0.29) is 5.41 Å². The van der Waals surface area contributed by atoms with Crippen LogP contribution < -0.4 is 5.10 Å². The molecule has 38 valence electrons. The summed E-state index contributed by atoms with van der Waals surface area (Å²) in [5.74, 6) is 0. The van der Waals surface area contributed by atoms with Gasteiger partial charge in [-0.15, -0.1) is 5.10 Å². The van der Waals surface area contributed by atoms with E-state index in [0.29, 0.717) is 0 Å². The van der Waals surface area contributed by atoms with E-state index in [0.717, 1.165) is 0 Å². The molecule has 1 aliphatic heterocycles. The first-order chi connectivity index (χ1) is 3.21. The molecule has 0 amide bonds. The Morgan fingerprint density at radius 3 is 2.43 bits per heavy atom. The fraction of sp³-hybridized carbons (Fsp3) is 0.600. The van der Waals surface area contributed by atoms with Crippen LogP contribution in [0.5, 0.6) is 0 Å². The quantitative estimate of drug-likeness (QED) is 0.408. The highest BCUT2D eigenvalue weighted by Gasteiger charge is 2.19. The summed E-state index contributed by atoms with van der Waals surface area (Å²) in [7, 11) is 0. The SMILES string of the molecule is CC1(C)C=N[NH+]=C1. The van der Waals surface area contributed by atoms with E-state index in [1.807, 2.05) is 12.4 Å². The highest BCUT2D eigenvalue weighted by molar-refractivity contribution is 5.86. The second-order valence-corrected chi connectivity index (χ2v) is 2.35. The molecule has 1 rings (SSSR count). The molecule has 0 aliphatic carbocycles. The Morgan fingerprint density at radius 1 is 1.57 bits per heavy atom. The Labute approximate surface area is 43.0 Å². The molecule has 0 unspecified atom stereocenters. The molecule has 0 aromatic rings. The molecule has 0 fully saturated rings. The van der Waals surface area contributed by atoms with E-state index in [1.165, 1.54) is 0 Å². The molecule has 0 aromatic heterocycles. The lowest BCUT2D eigenvalue weighted by molar-refractivity contribution is -0.454. The number of hydrazone groups is 1. The standard InChI is InChI=1S/C5H8N2/c1-5(2)3-6-7-4-5/h3-4H,1-2H3/p+1. The number of nitrogens with one attached hydrogen (secondary N) is 1. The van der Waals surface area contributed by atoms with Gasteiger partial charge in [0.1, 0.15) is 0 Å². The lowest BCUT2D eigenvalue weighted by Gasteiger charge is -1.98. The zero-order valence-corrected chi connectivity index (χ0v) is 4.60. The van der Waals surface area contributed by atoms with Crippen LogP contribution in [0, 0.1) is 5.41 Å². The molecule has 0 saturated heterocycles. The summed E-state index contributed by atoms with van der Waals surface area (Å²) in [5.41, 5.74) is 0.167. The van der Waals surface area contributed by atoms with Gasteiger partial charge in [-0.2, -0.15) is 0 Å². The zero-order valence-electron chi connectivity index (χ0n) is 4.60. The van der Waals surface area contributed by atoms with E-state index in [1.54, 1.807) is 0 Å². The lowest BCUT2D eigenvalue weighted by atomic mass is 9.99. The molecule has 0 saturated carbocycles. The Bertz CT molecular complexity index is 108. The van der Waals surface area contributed by atoms with Gasteiger partial charge in [0.2, 0.25) is 0 Å². The third kappa shape index (κ3) is 0.856. The third-order valence-electron chi connectivity index (χ3n) is 0.908. The first kappa shape index (κ1) is 4.50. The summed E-state index contributed by atoms with van der Waals surface area (Å²) >= 11 is 0. The van der Waals surface area contributed by atoms with Gasteiger partial charge >= 0.3 is 0 Å². The first-order valence-electron chi connectivity index (χ1n) is 2.35. The van der Waals surface area contributed by atoms with E-state index >= 15 is 0 Å². The fourth-order valence-electron chi connectivity index (χ4n) is 0.445. The van der Waals surface area contributed by atoms with Crippen LogP contribution in [0.2, 0.25) is 0 Å². The molecular formula is C5H9N2+. The van der Waals surface area contributed by atoms with E-state index < -0.39 is 0 Å². The predicted octanol–water partition coefficient (Wildman–Crippen LogP) is -0.837. The van der Waals surface area contributed by atoms with Crippen LogP contribution in [0.1, 0.15) is 13.8 Å². The third-order valence-corrected chi connectivity index (χ3v) is 0.908. The summed E-state index contributed by atoms with van der Waals surface area (Å²) in [5, 5.41) is 6.56. The molecule has 1 heterocycles. The van der Waals surface area contributed by atoms with Crippen molar-refractivity contribution >= 4 is 12.4 Å². The molecule has 2 heteroatoms. The summed E-state index contributed by atoms with van der Waals surface area (Å²) in [6.45, 7) is 4.19. The summed E-state index contributed by atoms with van der Waals surface area (Å²) < 4.78 is 0. The van der Waals surface area contributed by atoms with Crippen molar-refractivity contribution < 1.29 is 5.10 Å². The molecule has 1 N–H and O–H groups in total. The maximum absolute atomic E-state index is 3.81. The summed E-state index contributed by atoms with van der Waals surface area (Å²) in [4.78, 5) is 0. The van der Waals surface area contributed by atoms with Gasteiger partial charge in [0.25, 0.3) is 0 Å². The smallest absolute Gasteiger partial charge is 0.110 e. The Morgan fingerprint density at radius 2 is 2.29 bits per heavy atom. The predicted molar refractivity (Wildman–Crippen MR) is 29.3 cm³/mol. The molecule has 2 nitrogen and oxygen atoms in total. The van der Waals surface area contributed by atoms with Crippen molar-refractivity contribution in [2.24, 2.45) is 10.5 Å². The minimum absolute atomic E-state index is 0.167. The topological polar surface area (TPSA) is 26.3 Å². The highest BCUT2D eigenvalue weighted by Crippen LogP contribution is 2.05. The normalized spacial score (nSPS) is 23.7. The molecule has 0 radical (unpaired) electrons. The molecule has 7 heavy (non-hydrogen) atoms. The highest BCUT2D eigenvalue weighted by atomic mass is 15.2. The van der Waals surface area contributed by atoms with Crippen molar-refractivity contribution in [2.45, 2.75) is 13.8 Å². The fourth-order valence-corrected chi connectivity index (χ4v) is 0.445. The van der Waals surface area contributed by atoms with Crippen LogP contribution in [0.15, 0.2) is 5.10 Å². The Balaban J connectivity index is 2.77. The maximum Gasteiger partial charge on any atom is 0.181 e. The Hall–Kier alpha value is -0.660. The van der Waals surface area contributed by atoms with Crippen LogP contribution in [0.25, 0.3) is 0 Å². The summed E-state index contributed by atoms with van der Waals surface area (Å²) in [6, 6.07) is 0. The molecule has 1 aliphatic rings. The second kappa shape index (κ2) is 1.15. The van der Waals surface area contributed by atoms with Crippen molar-refractivity contribution in [3.63, 3.8) is 0 Å². The van der Waals surface area contributed by atoms with E-state index in [4.69, 9.17) is 0 Å². The van der Waals surface area contributed by atoms with Gasteiger partial charge in [-0.05, 0) is 18.9 Å². The molecule has 0 aromatic carbocycles. The maximum atomic E-state index is 3.81. The molecular weight excluding hydrogens is 88.1 g/mol. The average Bonchev–Trinajstić information content (AvgIpc) is 1.84. The number of hydrogen-bond acceptors (Lipinski definition) is 1. The van der Waals surface area contributed by atoms with Crippen molar-refractivity contribution in [2.75, 3.05) is 0 Å². The monoisotopic (exact) mass is 97.1 g/mol. The minimum atomic E-state index is 0.167. The van der Waals surface area contributed by atoms with Crippen molar-refractivity contribution in [1.82, 2.24) is 0 Å². The van der Waals surface area contributed by atoms with Crippen LogP contribution >= 0.6 is 0 Å². The number of nitrogens with zero attached hydrogens (tertiary/aromatic N) is 1. The van der Waals surface area contributed by atoms with Crippen LogP contribution in [-0.4, -0.2) is 12.4 Å².